The minimum absolute atomic E-state index is 0.208. The molecule has 10 nitrogen and oxygen atoms in total. The largest absolute Gasteiger partial charge is 0.383 e. The first-order valence-electron chi connectivity index (χ1n) is 1.92. The summed E-state index contributed by atoms with van der Waals surface area (Å²) in [7, 11) is 0. The van der Waals surface area contributed by atoms with Gasteiger partial charge in [-0.15, -0.1) is 20.2 Å². The average Bonchev–Trinajstić information content (AvgIpc) is 1.85. The SMILES string of the molecule is O=[N+]([O-])O.O=[N+]([O-])O.OCSO. The Kier molecular flexibility index (Phi) is 23.1. The molecule has 4 N–H and O–H groups in total. The van der Waals surface area contributed by atoms with Crippen molar-refractivity contribution < 1.29 is 30.2 Å². The molecule has 0 radical (unpaired) electrons. The number of nitrogens with zero attached hydrogens (tertiary/aromatic N) is 2. The molecule has 0 heterocycles. The minimum atomic E-state index is -1.50. The van der Waals surface area contributed by atoms with Crippen LogP contribution in [0.4, 0.5) is 0 Å². The van der Waals surface area contributed by atoms with Crippen LogP contribution in [0.1, 0.15) is 0 Å². The van der Waals surface area contributed by atoms with Crippen molar-refractivity contribution in [1.82, 2.24) is 0 Å². The molecule has 0 aromatic carbocycles. The smallest absolute Gasteiger partial charge is 0.291 e. The van der Waals surface area contributed by atoms with Gasteiger partial charge in [0.05, 0.1) is 0 Å². The lowest BCUT2D eigenvalue weighted by Crippen LogP contribution is -1.81. The van der Waals surface area contributed by atoms with Gasteiger partial charge in [0.1, 0.15) is 5.94 Å². The van der Waals surface area contributed by atoms with Crippen LogP contribution in [-0.2, 0) is 0 Å². The van der Waals surface area contributed by atoms with E-state index in [0.29, 0.717) is 12.0 Å². The van der Waals surface area contributed by atoms with Crippen molar-refractivity contribution in [3.8, 4) is 0 Å². The molecule has 0 aliphatic heterocycles. The van der Waals surface area contributed by atoms with E-state index >= 15 is 0 Å². The monoisotopic (exact) mass is 206 g/mol. The Morgan fingerprint density at radius 2 is 1.25 bits per heavy atom. The predicted molar refractivity (Wildman–Crippen MR) is 34.9 cm³/mol. The van der Waals surface area contributed by atoms with Crippen molar-refractivity contribution in [2.75, 3.05) is 5.94 Å². The van der Waals surface area contributed by atoms with Crippen LogP contribution < -0.4 is 0 Å². The molecular formula is CH6N2O8S. The average molecular weight is 206 g/mol. The van der Waals surface area contributed by atoms with Crippen molar-refractivity contribution in [1.29, 1.82) is 0 Å². The number of hydrogen-bond acceptors (Lipinski definition) is 7. The first-order valence-corrected chi connectivity index (χ1v) is 2.86. The standard InChI is InChI=1S/CH4O2S.2HNO3/c2-1-4-3;2*2-1(3)4/h2-3H,1H2;2*(H,2,3,4). The van der Waals surface area contributed by atoms with Crippen LogP contribution in [-0.4, -0.2) is 36.2 Å². The zero-order valence-corrected chi connectivity index (χ0v) is 6.25. The van der Waals surface area contributed by atoms with Gasteiger partial charge < -0.3 is 20.1 Å². The molecule has 0 atom stereocenters. The van der Waals surface area contributed by atoms with Gasteiger partial charge in [0, 0.05) is 12.0 Å². The summed E-state index contributed by atoms with van der Waals surface area (Å²) in [5.74, 6) is -0.208. The van der Waals surface area contributed by atoms with Crippen LogP contribution in [0.2, 0.25) is 0 Å². The Morgan fingerprint density at radius 3 is 1.25 bits per heavy atom. The molecule has 74 valence electrons. The summed E-state index contributed by atoms with van der Waals surface area (Å²) in [5, 5.41) is 34.9. The second kappa shape index (κ2) is 16.3. The summed E-state index contributed by atoms with van der Waals surface area (Å²) < 4.78 is 7.54. The molecule has 11 heteroatoms. The van der Waals surface area contributed by atoms with Crippen LogP contribution in [0, 0.1) is 20.2 Å². The fourth-order valence-electron chi connectivity index (χ4n) is 0. The maximum atomic E-state index is 8.36. The van der Waals surface area contributed by atoms with E-state index in [1.165, 1.54) is 0 Å². The van der Waals surface area contributed by atoms with E-state index in [2.05, 4.69) is 0 Å². The van der Waals surface area contributed by atoms with Gasteiger partial charge in [-0.3, -0.25) is 0 Å². The van der Waals surface area contributed by atoms with E-state index in [1.54, 1.807) is 0 Å². The Balaban J connectivity index is -0.000000101. The number of rotatable bonds is 1. The van der Waals surface area contributed by atoms with Gasteiger partial charge >= 0.3 is 0 Å². The van der Waals surface area contributed by atoms with Crippen LogP contribution in [0.15, 0.2) is 0 Å². The fourth-order valence-corrected chi connectivity index (χ4v) is 0. The van der Waals surface area contributed by atoms with Crippen LogP contribution >= 0.6 is 12.0 Å². The van der Waals surface area contributed by atoms with Crippen molar-refractivity contribution in [3.63, 3.8) is 0 Å². The third-order valence-electron chi connectivity index (χ3n) is 0.0577. The molecule has 0 bridgehead atoms. The molecule has 0 amide bonds. The molecule has 12 heavy (non-hydrogen) atoms. The van der Waals surface area contributed by atoms with Gasteiger partial charge in [-0.05, 0) is 0 Å². The highest BCUT2D eigenvalue weighted by Gasteiger charge is 1.65. The summed E-state index contributed by atoms with van der Waals surface area (Å²) in [6.07, 6.45) is 0. The summed E-state index contributed by atoms with van der Waals surface area (Å²) >= 11 is 0.412. The first kappa shape index (κ1) is 17.0. The number of aliphatic hydroxyl groups excluding tert-OH is 1. The Morgan fingerprint density at radius 1 is 1.17 bits per heavy atom. The molecule has 0 aliphatic rings. The molecule has 0 saturated carbocycles. The van der Waals surface area contributed by atoms with Gasteiger partial charge in [0.15, 0.2) is 0 Å². The van der Waals surface area contributed by atoms with E-state index in [1.807, 2.05) is 0 Å². The lowest BCUT2D eigenvalue weighted by Gasteiger charge is -1.69. The lowest BCUT2D eigenvalue weighted by molar-refractivity contribution is -0.742. The summed E-state index contributed by atoms with van der Waals surface area (Å²) in [6, 6.07) is 0. The zero-order valence-electron chi connectivity index (χ0n) is 5.43. The maximum absolute atomic E-state index is 8.36. The highest BCUT2D eigenvalue weighted by atomic mass is 32.2. The van der Waals surface area contributed by atoms with Gasteiger partial charge in [-0.2, -0.15) is 0 Å². The van der Waals surface area contributed by atoms with Gasteiger partial charge in [-0.25, -0.2) is 0 Å². The molecule has 0 saturated heterocycles. The van der Waals surface area contributed by atoms with Crippen LogP contribution in [0.25, 0.3) is 0 Å². The topological polar surface area (TPSA) is 167 Å². The predicted octanol–water partition coefficient (Wildman–Crippen LogP) is -0.553. The molecule has 0 spiro atoms. The molecule has 0 unspecified atom stereocenters. The third kappa shape index (κ3) is 4680. The Bertz CT molecular complexity index is 93.6. The number of aliphatic hydroxyl groups is 1. The fraction of sp³-hybridized carbons (Fsp3) is 1.00. The van der Waals surface area contributed by atoms with Crippen molar-refractivity contribution in [3.05, 3.63) is 20.2 Å². The number of hydrogen-bond donors (Lipinski definition) is 4. The summed E-state index contributed by atoms with van der Waals surface area (Å²) in [4.78, 5) is 16.7. The molecule has 0 aromatic rings. The van der Waals surface area contributed by atoms with Crippen molar-refractivity contribution in [2.24, 2.45) is 0 Å². The van der Waals surface area contributed by atoms with Crippen LogP contribution in [0.3, 0.4) is 0 Å². The Hall–Kier alpha value is -1.33. The minimum Gasteiger partial charge on any atom is -0.383 e. The summed E-state index contributed by atoms with van der Waals surface area (Å²) in [6.45, 7) is 0. The van der Waals surface area contributed by atoms with Crippen molar-refractivity contribution >= 4 is 12.0 Å². The van der Waals surface area contributed by atoms with Crippen molar-refractivity contribution in [2.45, 2.75) is 0 Å². The quantitative estimate of drug-likeness (QED) is 0.190. The highest BCUT2D eigenvalue weighted by Crippen LogP contribution is 1.79. The normalized spacial score (nSPS) is 6.50. The Labute approximate surface area is 69.5 Å². The maximum Gasteiger partial charge on any atom is 0.291 e. The van der Waals surface area contributed by atoms with E-state index in [4.69, 9.17) is 40.3 Å². The highest BCUT2D eigenvalue weighted by molar-refractivity contribution is 7.93. The first-order chi connectivity index (χ1) is 5.38. The van der Waals surface area contributed by atoms with E-state index in [9.17, 15) is 0 Å². The van der Waals surface area contributed by atoms with Gasteiger partial charge in [-0.1, -0.05) is 0 Å². The van der Waals surface area contributed by atoms with Gasteiger partial charge in [0.2, 0.25) is 0 Å². The third-order valence-corrected chi connectivity index (χ3v) is 0.173. The summed E-state index contributed by atoms with van der Waals surface area (Å²) in [5.41, 5.74) is 0. The van der Waals surface area contributed by atoms with E-state index in [0.717, 1.165) is 0 Å². The molecule has 0 aliphatic carbocycles. The molecule has 0 rings (SSSR count). The van der Waals surface area contributed by atoms with E-state index in [-0.39, 0.29) is 5.94 Å². The molecular weight excluding hydrogens is 200 g/mol. The molecule has 0 aromatic heterocycles. The van der Waals surface area contributed by atoms with E-state index < -0.39 is 10.2 Å². The van der Waals surface area contributed by atoms with Crippen LogP contribution in [0.5, 0.6) is 0 Å². The molecule has 0 fully saturated rings. The van der Waals surface area contributed by atoms with Gasteiger partial charge in [0.25, 0.3) is 10.2 Å². The lowest BCUT2D eigenvalue weighted by atomic mass is 11.7. The second-order valence-electron chi connectivity index (χ2n) is 0.734. The second-order valence-corrected chi connectivity index (χ2v) is 1.25. The zero-order chi connectivity index (χ0) is 10.6.